The van der Waals surface area contributed by atoms with Crippen LogP contribution in [0, 0.1) is 5.92 Å². The number of hydrogen-bond acceptors (Lipinski definition) is 3. The number of carbonyl (C=O) groups is 1. The first-order chi connectivity index (χ1) is 16.2. The fourth-order valence-corrected chi connectivity index (χ4v) is 5.45. The molecule has 1 aliphatic carbocycles. The second-order valence-corrected chi connectivity index (χ2v) is 9.61. The highest BCUT2D eigenvalue weighted by molar-refractivity contribution is 9.10. The van der Waals surface area contributed by atoms with Crippen LogP contribution in [-0.4, -0.2) is 5.97 Å². The predicted octanol–water partition coefficient (Wildman–Crippen LogP) is 7.65. The molecule has 1 heterocycles. The van der Waals surface area contributed by atoms with E-state index in [4.69, 9.17) is 4.74 Å². The van der Waals surface area contributed by atoms with Gasteiger partial charge in [-0.1, -0.05) is 82.7 Å². The van der Waals surface area contributed by atoms with Gasteiger partial charge in [-0.2, -0.15) is 0 Å². The van der Waals surface area contributed by atoms with E-state index in [0.717, 1.165) is 32.9 Å². The number of hydrogen-bond donors (Lipinski definition) is 1. The van der Waals surface area contributed by atoms with E-state index < -0.39 is 0 Å². The third-order valence-corrected chi connectivity index (χ3v) is 7.31. The summed E-state index contributed by atoms with van der Waals surface area (Å²) in [7, 11) is 0. The molecule has 0 fully saturated rings. The highest BCUT2D eigenvalue weighted by Gasteiger charge is 2.39. The standard InChI is InChI=1S/C29H22BrNO2/c30-21-14-11-19(12-15-21)27-24-8-3-7-23(24)25-9-4-10-26(28(25)31-27)29(32)33-22-16-13-18-5-1-2-6-20(18)17-22/h1-7,9-17,23-24,27,31H,8H2. The van der Waals surface area contributed by atoms with Gasteiger partial charge in [0.15, 0.2) is 0 Å². The predicted molar refractivity (Wildman–Crippen MR) is 136 cm³/mol. The number of fused-ring (bicyclic) bond motifs is 4. The zero-order chi connectivity index (χ0) is 22.4. The molecule has 1 aliphatic heterocycles. The second-order valence-electron chi connectivity index (χ2n) is 8.70. The van der Waals surface area contributed by atoms with Crippen molar-refractivity contribution < 1.29 is 9.53 Å². The normalized spacial score (nSPS) is 20.7. The fraction of sp³-hybridized carbons (Fsp3) is 0.138. The van der Waals surface area contributed by atoms with E-state index in [1.807, 2.05) is 54.6 Å². The Labute approximate surface area is 201 Å². The van der Waals surface area contributed by atoms with Gasteiger partial charge in [-0.25, -0.2) is 4.79 Å². The van der Waals surface area contributed by atoms with Gasteiger partial charge in [0.2, 0.25) is 0 Å². The van der Waals surface area contributed by atoms with E-state index in [1.54, 1.807) is 0 Å². The summed E-state index contributed by atoms with van der Waals surface area (Å²) < 4.78 is 6.90. The van der Waals surface area contributed by atoms with Gasteiger partial charge in [0, 0.05) is 10.4 Å². The number of carbonyl (C=O) groups excluding carboxylic acids is 1. The van der Waals surface area contributed by atoms with Crippen molar-refractivity contribution in [2.24, 2.45) is 5.92 Å². The Morgan fingerprint density at radius 1 is 0.909 bits per heavy atom. The lowest BCUT2D eigenvalue weighted by Gasteiger charge is -2.38. The quantitative estimate of drug-likeness (QED) is 0.180. The summed E-state index contributed by atoms with van der Waals surface area (Å²) in [6, 6.07) is 28.3. The largest absolute Gasteiger partial charge is 0.423 e. The Morgan fingerprint density at radius 2 is 1.73 bits per heavy atom. The van der Waals surface area contributed by atoms with Crippen molar-refractivity contribution in [3.63, 3.8) is 0 Å². The topological polar surface area (TPSA) is 38.3 Å². The summed E-state index contributed by atoms with van der Waals surface area (Å²) >= 11 is 3.53. The van der Waals surface area contributed by atoms with Crippen LogP contribution < -0.4 is 10.1 Å². The summed E-state index contributed by atoms with van der Waals surface area (Å²) in [5.74, 6) is 0.911. The molecule has 4 aromatic carbocycles. The van der Waals surface area contributed by atoms with Crippen LogP contribution in [-0.2, 0) is 0 Å². The molecule has 0 amide bonds. The summed E-state index contributed by atoms with van der Waals surface area (Å²) in [5, 5.41) is 5.88. The Balaban J connectivity index is 1.36. The van der Waals surface area contributed by atoms with Crippen LogP contribution in [0.2, 0.25) is 0 Å². The van der Waals surface area contributed by atoms with E-state index in [2.05, 4.69) is 63.7 Å². The van der Waals surface area contributed by atoms with Crippen molar-refractivity contribution in [3.05, 3.63) is 118 Å². The Hall–Kier alpha value is -3.37. The van der Waals surface area contributed by atoms with Crippen molar-refractivity contribution in [2.45, 2.75) is 18.4 Å². The number of nitrogens with one attached hydrogen (secondary N) is 1. The number of allylic oxidation sites excluding steroid dienone is 2. The van der Waals surface area contributed by atoms with Crippen LogP contribution in [0.1, 0.15) is 39.9 Å². The van der Waals surface area contributed by atoms with Crippen LogP contribution >= 0.6 is 15.9 Å². The summed E-state index contributed by atoms with van der Waals surface area (Å²) in [4.78, 5) is 13.3. The Kier molecular flexibility index (Phi) is 5.03. The molecule has 162 valence electrons. The molecule has 2 aliphatic rings. The van der Waals surface area contributed by atoms with Crippen molar-refractivity contribution in [1.82, 2.24) is 0 Å². The van der Waals surface area contributed by atoms with Gasteiger partial charge in [0.25, 0.3) is 0 Å². The van der Waals surface area contributed by atoms with Crippen LogP contribution in [0.25, 0.3) is 10.8 Å². The first-order valence-electron chi connectivity index (χ1n) is 11.2. The maximum atomic E-state index is 13.3. The molecule has 0 aromatic heterocycles. The molecular weight excluding hydrogens is 474 g/mol. The highest BCUT2D eigenvalue weighted by Crippen LogP contribution is 2.50. The summed E-state index contributed by atoms with van der Waals surface area (Å²) in [6.07, 6.45) is 5.57. The lowest BCUT2D eigenvalue weighted by atomic mass is 9.76. The third-order valence-electron chi connectivity index (χ3n) is 6.78. The summed E-state index contributed by atoms with van der Waals surface area (Å²) in [6.45, 7) is 0. The minimum Gasteiger partial charge on any atom is -0.423 e. The van der Waals surface area contributed by atoms with Crippen LogP contribution in [0.3, 0.4) is 0 Å². The minimum atomic E-state index is -0.343. The SMILES string of the molecule is O=C(Oc1ccc2ccccc2c1)c1cccc2c1NC(c1ccc(Br)cc1)C1CC=CC21. The van der Waals surface area contributed by atoms with Gasteiger partial charge in [-0.15, -0.1) is 0 Å². The average molecular weight is 496 g/mol. The number of halogens is 1. The molecule has 0 spiro atoms. The maximum Gasteiger partial charge on any atom is 0.345 e. The van der Waals surface area contributed by atoms with Gasteiger partial charge >= 0.3 is 5.97 Å². The smallest absolute Gasteiger partial charge is 0.345 e. The second kappa shape index (κ2) is 8.20. The van der Waals surface area contributed by atoms with Crippen LogP contribution in [0.15, 0.2) is 102 Å². The number of esters is 1. The first kappa shape index (κ1) is 20.3. The van der Waals surface area contributed by atoms with E-state index in [0.29, 0.717) is 17.2 Å². The van der Waals surface area contributed by atoms with Gasteiger partial charge < -0.3 is 10.1 Å². The molecule has 4 heteroatoms. The molecule has 0 radical (unpaired) electrons. The Morgan fingerprint density at radius 3 is 2.58 bits per heavy atom. The van der Waals surface area contributed by atoms with Crippen molar-refractivity contribution in [1.29, 1.82) is 0 Å². The highest BCUT2D eigenvalue weighted by atomic mass is 79.9. The van der Waals surface area contributed by atoms with Gasteiger partial charge in [0.1, 0.15) is 5.75 Å². The zero-order valence-corrected chi connectivity index (χ0v) is 19.5. The van der Waals surface area contributed by atoms with Gasteiger partial charge in [-0.05, 0) is 64.6 Å². The lowest BCUT2D eigenvalue weighted by Crippen LogP contribution is -2.30. The molecule has 3 atom stereocenters. The third kappa shape index (κ3) is 3.65. The van der Waals surface area contributed by atoms with E-state index >= 15 is 0 Å². The van der Waals surface area contributed by atoms with Crippen LogP contribution in [0.5, 0.6) is 5.75 Å². The average Bonchev–Trinajstić information content (AvgIpc) is 3.34. The number of benzene rings is 4. The molecule has 0 bridgehead atoms. The lowest BCUT2D eigenvalue weighted by molar-refractivity contribution is 0.0735. The van der Waals surface area contributed by atoms with Gasteiger partial charge in [-0.3, -0.25) is 0 Å². The molecule has 3 nitrogen and oxygen atoms in total. The van der Waals surface area contributed by atoms with Crippen molar-refractivity contribution >= 4 is 38.4 Å². The van der Waals surface area contributed by atoms with Crippen molar-refractivity contribution in [2.75, 3.05) is 5.32 Å². The van der Waals surface area contributed by atoms with Gasteiger partial charge in [0.05, 0.1) is 17.3 Å². The zero-order valence-electron chi connectivity index (χ0n) is 17.9. The van der Waals surface area contributed by atoms with E-state index in [9.17, 15) is 4.79 Å². The molecule has 0 saturated carbocycles. The first-order valence-corrected chi connectivity index (χ1v) is 12.0. The number of ether oxygens (including phenoxy) is 1. The molecular formula is C29H22BrNO2. The monoisotopic (exact) mass is 495 g/mol. The fourth-order valence-electron chi connectivity index (χ4n) is 5.18. The Bertz CT molecular complexity index is 1390. The summed E-state index contributed by atoms with van der Waals surface area (Å²) in [5.41, 5.74) is 3.83. The molecule has 4 aromatic rings. The number of anilines is 1. The van der Waals surface area contributed by atoms with E-state index in [-0.39, 0.29) is 17.9 Å². The molecule has 0 saturated heterocycles. The number of rotatable bonds is 3. The van der Waals surface area contributed by atoms with Crippen LogP contribution in [0.4, 0.5) is 5.69 Å². The molecule has 3 unspecified atom stereocenters. The van der Waals surface area contributed by atoms with E-state index in [1.165, 1.54) is 5.56 Å². The van der Waals surface area contributed by atoms with Crippen molar-refractivity contribution in [3.8, 4) is 5.75 Å². The number of para-hydroxylation sites is 1. The molecule has 1 N–H and O–H groups in total. The minimum absolute atomic E-state index is 0.125. The molecule has 33 heavy (non-hydrogen) atoms. The molecule has 6 rings (SSSR count). The maximum absolute atomic E-state index is 13.3.